The number of hydrogen-bond acceptors (Lipinski definition) is 7. The van der Waals surface area contributed by atoms with Crippen LogP contribution in [0.15, 0.2) is 58.2 Å². The molecule has 0 spiro atoms. The Morgan fingerprint density at radius 2 is 1.88 bits per heavy atom. The lowest BCUT2D eigenvalue weighted by Crippen LogP contribution is -2.28. The Morgan fingerprint density at radius 1 is 1.09 bits per heavy atom. The first kappa shape index (κ1) is 21.2. The molecule has 0 radical (unpaired) electrons. The molecule has 164 valence electrons. The highest BCUT2D eigenvalue weighted by atomic mass is 35.5. The van der Waals surface area contributed by atoms with Crippen LogP contribution in [-0.2, 0) is 5.75 Å². The van der Waals surface area contributed by atoms with E-state index in [0.29, 0.717) is 28.4 Å². The fourth-order valence-electron chi connectivity index (χ4n) is 3.84. The zero-order valence-corrected chi connectivity index (χ0v) is 19.2. The van der Waals surface area contributed by atoms with Crippen molar-refractivity contribution in [3.8, 4) is 17.1 Å². The molecule has 9 heteroatoms. The number of aromatic nitrogens is 5. The molecule has 0 bridgehead atoms. The van der Waals surface area contributed by atoms with E-state index in [2.05, 4.69) is 37.1 Å². The second-order valence-corrected chi connectivity index (χ2v) is 9.17. The van der Waals surface area contributed by atoms with Crippen molar-refractivity contribution < 1.29 is 4.52 Å². The summed E-state index contributed by atoms with van der Waals surface area (Å²) in [4.78, 5) is 4.55. The molecule has 2 aromatic carbocycles. The lowest BCUT2D eigenvalue weighted by atomic mass is 9.97. The van der Waals surface area contributed by atoms with Gasteiger partial charge in [0.05, 0.1) is 16.5 Å². The average Bonchev–Trinajstić information content (AvgIpc) is 3.46. The standard InChI is InChI=1S/C23H23ClN6OS/c1-15-6-8-16(9-7-15)21-26-20(31-29-21)14-32-23-28-27-22(17-10-12-25-13-11-17)30(23)19-5-3-2-4-18(19)24/h2-9,17,25H,10-14H2,1H3. The van der Waals surface area contributed by atoms with Crippen molar-refractivity contribution in [3.05, 3.63) is 70.8 Å². The van der Waals surface area contributed by atoms with Crippen LogP contribution in [0.4, 0.5) is 0 Å². The maximum Gasteiger partial charge on any atom is 0.237 e. The van der Waals surface area contributed by atoms with E-state index in [1.54, 1.807) is 0 Å². The molecule has 4 aromatic rings. The fraction of sp³-hybridized carbons (Fsp3) is 0.304. The topological polar surface area (TPSA) is 81.7 Å². The number of nitrogens with zero attached hydrogens (tertiary/aromatic N) is 5. The van der Waals surface area contributed by atoms with Crippen molar-refractivity contribution in [1.29, 1.82) is 0 Å². The highest BCUT2D eigenvalue weighted by Gasteiger charge is 2.25. The van der Waals surface area contributed by atoms with Crippen LogP contribution in [0.1, 0.15) is 36.0 Å². The predicted octanol–water partition coefficient (Wildman–Crippen LogP) is 5.04. The minimum absolute atomic E-state index is 0.339. The molecule has 32 heavy (non-hydrogen) atoms. The number of piperidine rings is 1. The van der Waals surface area contributed by atoms with E-state index in [-0.39, 0.29) is 0 Å². The number of benzene rings is 2. The van der Waals surface area contributed by atoms with Gasteiger partial charge < -0.3 is 9.84 Å². The summed E-state index contributed by atoms with van der Waals surface area (Å²) < 4.78 is 7.57. The van der Waals surface area contributed by atoms with Gasteiger partial charge in [0, 0.05) is 11.5 Å². The number of thioether (sulfide) groups is 1. The van der Waals surface area contributed by atoms with Crippen molar-refractivity contribution in [2.24, 2.45) is 0 Å². The Morgan fingerprint density at radius 3 is 2.66 bits per heavy atom. The smallest absolute Gasteiger partial charge is 0.237 e. The summed E-state index contributed by atoms with van der Waals surface area (Å²) in [5.41, 5.74) is 3.01. The van der Waals surface area contributed by atoms with Gasteiger partial charge in [0.15, 0.2) is 5.16 Å². The molecule has 1 saturated heterocycles. The van der Waals surface area contributed by atoms with Crippen LogP contribution in [0.25, 0.3) is 17.1 Å². The molecule has 5 rings (SSSR count). The SMILES string of the molecule is Cc1ccc(-c2noc(CSc3nnc(C4CCNCC4)n3-c3ccccc3Cl)n2)cc1. The lowest BCUT2D eigenvalue weighted by Gasteiger charge is -2.23. The first-order chi connectivity index (χ1) is 15.7. The van der Waals surface area contributed by atoms with Gasteiger partial charge in [-0.2, -0.15) is 4.98 Å². The highest BCUT2D eigenvalue weighted by Crippen LogP contribution is 2.33. The van der Waals surface area contributed by atoms with Crippen LogP contribution >= 0.6 is 23.4 Å². The molecule has 0 aliphatic carbocycles. The second-order valence-electron chi connectivity index (χ2n) is 7.82. The Balaban J connectivity index is 1.41. The van der Waals surface area contributed by atoms with Crippen LogP contribution in [0.3, 0.4) is 0 Å². The van der Waals surface area contributed by atoms with Crippen molar-refractivity contribution in [2.75, 3.05) is 13.1 Å². The molecule has 1 aliphatic heterocycles. The zero-order chi connectivity index (χ0) is 21.9. The molecule has 0 amide bonds. The summed E-state index contributed by atoms with van der Waals surface area (Å²) in [6, 6.07) is 15.9. The third-order valence-electron chi connectivity index (χ3n) is 5.56. The first-order valence-corrected chi connectivity index (χ1v) is 12.0. The molecule has 0 unspecified atom stereocenters. The van der Waals surface area contributed by atoms with Crippen LogP contribution in [0, 0.1) is 6.92 Å². The van der Waals surface area contributed by atoms with E-state index in [1.165, 1.54) is 17.3 Å². The van der Waals surface area contributed by atoms with Crippen LogP contribution in [-0.4, -0.2) is 38.0 Å². The van der Waals surface area contributed by atoms with Crippen LogP contribution in [0.2, 0.25) is 5.02 Å². The predicted molar refractivity (Wildman–Crippen MR) is 125 cm³/mol. The third kappa shape index (κ3) is 4.44. The Bertz CT molecular complexity index is 1200. The van der Waals surface area contributed by atoms with Gasteiger partial charge in [-0.3, -0.25) is 4.57 Å². The van der Waals surface area contributed by atoms with E-state index in [9.17, 15) is 0 Å². The van der Waals surface area contributed by atoms with Gasteiger partial charge in [-0.1, -0.05) is 70.5 Å². The number of hydrogen-bond donors (Lipinski definition) is 1. The molecular formula is C23H23ClN6OS. The molecule has 0 saturated carbocycles. The maximum atomic E-state index is 6.56. The van der Waals surface area contributed by atoms with Crippen molar-refractivity contribution in [2.45, 2.75) is 36.6 Å². The van der Waals surface area contributed by atoms with Gasteiger partial charge in [-0.25, -0.2) is 0 Å². The van der Waals surface area contributed by atoms with Gasteiger partial charge in [0.1, 0.15) is 5.82 Å². The van der Waals surface area contributed by atoms with Gasteiger partial charge in [-0.15, -0.1) is 10.2 Å². The van der Waals surface area contributed by atoms with Crippen LogP contribution < -0.4 is 5.32 Å². The fourth-order valence-corrected chi connectivity index (χ4v) is 4.85. The molecule has 2 aromatic heterocycles. The van der Waals surface area contributed by atoms with Crippen LogP contribution in [0.5, 0.6) is 0 Å². The summed E-state index contributed by atoms with van der Waals surface area (Å²) in [7, 11) is 0. The van der Waals surface area contributed by atoms with E-state index >= 15 is 0 Å². The molecule has 1 N–H and O–H groups in total. The molecule has 1 fully saturated rings. The number of nitrogens with one attached hydrogen (secondary N) is 1. The van der Waals surface area contributed by atoms with E-state index in [1.807, 2.05) is 48.5 Å². The number of rotatable bonds is 6. The average molecular weight is 467 g/mol. The summed E-state index contributed by atoms with van der Waals surface area (Å²) in [5.74, 6) is 2.92. The maximum absolute atomic E-state index is 6.56. The van der Waals surface area contributed by atoms with Gasteiger partial charge in [-0.05, 0) is 45.0 Å². The van der Waals surface area contributed by atoms with Gasteiger partial charge in [0.25, 0.3) is 0 Å². The molecular weight excluding hydrogens is 444 g/mol. The largest absolute Gasteiger partial charge is 0.338 e. The highest BCUT2D eigenvalue weighted by molar-refractivity contribution is 7.98. The number of para-hydroxylation sites is 1. The van der Waals surface area contributed by atoms with E-state index in [0.717, 1.165) is 48.2 Å². The summed E-state index contributed by atoms with van der Waals surface area (Å²) in [5, 5.41) is 18.1. The lowest BCUT2D eigenvalue weighted by molar-refractivity contribution is 0.391. The third-order valence-corrected chi connectivity index (χ3v) is 6.79. The van der Waals surface area contributed by atoms with Crippen molar-refractivity contribution >= 4 is 23.4 Å². The molecule has 0 atom stereocenters. The monoisotopic (exact) mass is 466 g/mol. The van der Waals surface area contributed by atoms with Crippen molar-refractivity contribution in [1.82, 2.24) is 30.2 Å². The Labute approximate surface area is 195 Å². The molecule has 1 aliphatic rings. The van der Waals surface area contributed by atoms with Gasteiger partial charge >= 0.3 is 0 Å². The second kappa shape index (κ2) is 9.44. The first-order valence-electron chi connectivity index (χ1n) is 10.6. The number of halogens is 1. The normalized spacial score (nSPS) is 14.7. The summed E-state index contributed by atoms with van der Waals surface area (Å²) in [6.07, 6.45) is 2.05. The van der Waals surface area contributed by atoms with E-state index < -0.39 is 0 Å². The Kier molecular flexibility index (Phi) is 6.25. The van der Waals surface area contributed by atoms with Gasteiger partial charge in [0.2, 0.25) is 11.7 Å². The zero-order valence-electron chi connectivity index (χ0n) is 17.7. The molecule has 7 nitrogen and oxygen atoms in total. The minimum Gasteiger partial charge on any atom is -0.338 e. The summed E-state index contributed by atoms with van der Waals surface area (Å²) in [6.45, 7) is 4.01. The Hall–Kier alpha value is -2.68. The minimum atomic E-state index is 0.339. The summed E-state index contributed by atoms with van der Waals surface area (Å²) >= 11 is 8.08. The number of aryl methyl sites for hydroxylation is 1. The molecule has 3 heterocycles. The van der Waals surface area contributed by atoms with E-state index in [4.69, 9.17) is 16.1 Å². The van der Waals surface area contributed by atoms with Crippen molar-refractivity contribution in [3.63, 3.8) is 0 Å². The quantitative estimate of drug-likeness (QED) is 0.398.